The van der Waals surface area contributed by atoms with Gasteiger partial charge in [-0.3, -0.25) is 0 Å². The Morgan fingerprint density at radius 1 is 1.45 bits per heavy atom. The number of anilines is 1. The molecule has 0 amide bonds. The van der Waals surface area contributed by atoms with Crippen LogP contribution in [-0.4, -0.2) is 33.4 Å². The summed E-state index contributed by atoms with van der Waals surface area (Å²) in [5.41, 5.74) is 2.34. The molecule has 2 rings (SSSR count). The van der Waals surface area contributed by atoms with Crippen molar-refractivity contribution >= 4 is 17.3 Å². The topological polar surface area (TPSA) is 24.5 Å². The molecule has 1 heterocycles. The van der Waals surface area contributed by atoms with Gasteiger partial charge in [-0.15, -0.1) is 0 Å². The number of ether oxygens (including phenoxy) is 1. The fourth-order valence-electron chi connectivity index (χ4n) is 2.62. The van der Waals surface area contributed by atoms with Gasteiger partial charge in [-0.25, -0.2) is 0 Å². The SMILES string of the molecule is CCNCc1ccc(N(C)CC2CCCOC2)cc1Cl. The smallest absolute Gasteiger partial charge is 0.0511 e. The average Bonchev–Trinajstić information content (AvgIpc) is 2.47. The van der Waals surface area contributed by atoms with Crippen LogP contribution in [-0.2, 0) is 11.3 Å². The van der Waals surface area contributed by atoms with Gasteiger partial charge in [-0.2, -0.15) is 0 Å². The standard InChI is InChI=1S/C16H25ClN2O/c1-3-18-10-14-6-7-15(9-16(14)17)19(2)11-13-5-4-8-20-12-13/h6-7,9,13,18H,3-5,8,10-12H2,1-2H3. The quantitative estimate of drug-likeness (QED) is 0.871. The summed E-state index contributed by atoms with van der Waals surface area (Å²) in [6.45, 7) is 6.72. The number of rotatable bonds is 6. The van der Waals surface area contributed by atoms with Crippen molar-refractivity contribution in [1.82, 2.24) is 5.32 Å². The third-order valence-corrected chi connectivity index (χ3v) is 4.18. The first-order valence-electron chi connectivity index (χ1n) is 7.48. The van der Waals surface area contributed by atoms with E-state index in [1.165, 1.54) is 18.5 Å². The number of hydrogen-bond donors (Lipinski definition) is 1. The van der Waals surface area contributed by atoms with Crippen LogP contribution in [0.15, 0.2) is 18.2 Å². The van der Waals surface area contributed by atoms with Crippen LogP contribution in [0.5, 0.6) is 0 Å². The van der Waals surface area contributed by atoms with Crippen LogP contribution in [0.3, 0.4) is 0 Å². The maximum Gasteiger partial charge on any atom is 0.0511 e. The van der Waals surface area contributed by atoms with Crippen molar-refractivity contribution in [2.75, 3.05) is 38.3 Å². The van der Waals surface area contributed by atoms with Gasteiger partial charge in [0.1, 0.15) is 0 Å². The molecule has 1 aliphatic heterocycles. The zero-order valence-electron chi connectivity index (χ0n) is 12.5. The summed E-state index contributed by atoms with van der Waals surface area (Å²) in [5, 5.41) is 4.15. The van der Waals surface area contributed by atoms with Crippen LogP contribution in [0.4, 0.5) is 5.69 Å². The summed E-state index contributed by atoms with van der Waals surface area (Å²) >= 11 is 6.36. The Kier molecular flexibility index (Phi) is 6.14. The predicted molar refractivity (Wildman–Crippen MR) is 85.6 cm³/mol. The van der Waals surface area contributed by atoms with Gasteiger partial charge in [0.15, 0.2) is 0 Å². The molecular weight excluding hydrogens is 272 g/mol. The zero-order valence-corrected chi connectivity index (χ0v) is 13.2. The average molecular weight is 297 g/mol. The van der Waals surface area contributed by atoms with Crippen LogP contribution in [0.2, 0.25) is 5.02 Å². The summed E-state index contributed by atoms with van der Waals surface area (Å²) in [4.78, 5) is 2.28. The van der Waals surface area contributed by atoms with Gasteiger partial charge in [0.2, 0.25) is 0 Å². The van der Waals surface area contributed by atoms with E-state index >= 15 is 0 Å². The molecule has 3 nitrogen and oxygen atoms in total. The number of benzene rings is 1. The highest BCUT2D eigenvalue weighted by atomic mass is 35.5. The Morgan fingerprint density at radius 2 is 2.30 bits per heavy atom. The third-order valence-electron chi connectivity index (χ3n) is 3.83. The monoisotopic (exact) mass is 296 g/mol. The molecule has 1 aromatic carbocycles. The summed E-state index contributed by atoms with van der Waals surface area (Å²) in [5.74, 6) is 0.633. The zero-order chi connectivity index (χ0) is 14.4. The van der Waals surface area contributed by atoms with Crippen molar-refractivity contribution in [3.05, 3.63) is 28.8 Å². The summed E-state index contributed by atoms with van der Waals surface area (Å²) in [6, 6.07) is 6.34. The minimum Gasteiger partial charge on any atom is -0.381 e. The molecule has 112 valence electrons. The molecule has 1 unspecified atom stereocenters. The number of hydrogen-bond acceptors (Lipinski definition) is 3. The third kappa shape index (κ3) is 4.37. The van der Waals surface area contributed by atoms with E-state index in [1.54, 1.807) is 0 Å². The fraction of sp³-hybridized carbons (Fsp3) is 0.625. The first-order valence-corrected chi connectivity index (χ1v) is 7.86. The van der Waals surface area contributed by atoms with Gasteiger partial charge < -0.3 is 15.0 Å². The van der Waals surface area contributed by atoms with E-state index in [-0.39, 0.29) is 0 Å². The van der Waals surface area contributed by atoms with Gasteiger partial charge in [-0.05, 0) is 43.0 Å². The molecule has 0 bridgehead atoms. The Balaban J connectivity index is 1.95. The van der Waals surface area contributed by atoms with Crippen molar-refractivity contribution in [3.8, 4) is 0 Å². The van der Waals surface area contributed by atoms with Crippen LogP contribution in [0.1, 0.15) is 25.3 Å². The van der Waals surface area contributed by atoms with E-state index in [9.17, 15) is 0 Å². The second kappa shape index (κ2) is 7.87. The lowest BCUT2D eigenvalue weighted by atomic mass is 10.0. The molecule has 0 aliphatic carbocycles. The van der Waals surface area contributed by atoms with Gasteiger partial charge in [0, 0.05) is 37.5 Å². The molecule has 20 heavy (non-hydrogen) atoms. The van der Waals surface area contributed by atoms with Crippen molar-refractivity contribution in [2.45, 2.75) is 26.3 Å². The van der Waals surface area contributed by atoms with Crippen molar-refractivity contribution in [1.29, 1.82) is 0 Å². The lowest BCUT2D eigenvalue weighted by Crippen LogP contribution is -2.30. The summed E-state index contributed by atoms with van der Waals surface area (Å²) in [7, 11) is 2.13. The van der Waals surface area contributed by atoms with Crippen LogP contribution in [0.25, 0.3) is 0 Å². The second-order valence-electron chi connectivity index (χ2n) is 5.52. The van der Waals surface area contributed by atoms with E-state index in [2.05, 4.69) is 42.4 Å². The lowest BCUT2D eigenvalue weighted by Gasteiger charge is -2.28. The molecule has 1 aromatic rings. The van der Waals surface area contributed by atoms with E-state index < -0.39 is 0 Å². The van der Waals surface area contributed by atoms with Gasteiger partial charge >= 0.3 is 0 Å². The molecule has 0 saturated carbocycles. The lowest BCUT2D eigenvalue weighted by molar-refractivity contribution is 0.0576. The molecule has 1 fully saturated rings. The number of nitrogens with one attached hydrogen (secondary N) is 1. The highest BCUT2D eigenvalue weighted by molar-refractivity contribution is 6.31. The highest BCUT2D eigenvalue weighted by Crippen LogP contribution is 2.25. The predicted octanol–water partition coefficient (Wildman–Crippen LogP) is 3.31. The molecule has 1 atom stereocenters. The largest absolute Gasteiger partial charge is 0.381 e. The Morgan fingerprint density at radius 3 is 2.95 bits per heavy atom. The molecule has 0 aromatic heterocycles. The molecule has 1 aliphatic rings. The van der Waals surface area contributed by atoms with Crippen molar-refractivity contribution in [2.24, 2.45) is 5.92 Å². The minimum absolute atomic E-state index is 0.633. The van der Waals surface area contributed by atoms with Crippen LogP contribution in [0, 0.1) is 5.92 Å². The Hall–Kier alpha value is -0.770. The van der Waals surface area contributed by atoms with Crippen LogP contribution < -0.4 is 10.2 Å². The Labute approximate surface area is 127 Å². The summed E-state index contributed by atoms with van der Waals surface area (Å²) < 4.78 is 5.54. The summed E-state index contributed by atoms with van der Waals surface area (Å²) in [6.07, 6.45) is 2.44. The van der Waals surface area contributed by atoms with Crippen molar-refractivity contribution < 1.29 is 4.74 Å². The van der Waals surface area contributed by atoms with Gasteiger partial charge in [-0.1, -0.05) is 24.6 Å². The van der Waals surface area contributed by atoms with E-state index in [1.807, 2.05) is 0 Å². The van der Waals surface area contributed by atoms with Gasteiger partial charge in [0.25, 0.3) is 0 Å². The molecule has 1 N–H and O–H groups in total. The fourth-order valence-corrected chi connectivity index (χ4v) is 2.86. The van der Waals surface area contributed by atoms with E-state index in [0.29, 0.717) is 5.92 Å². The highest BCUT2D eigenvalue weighted by Gasteiger charge is 2.16. The van der Waals surface area contributed by atoms with Crippen LogP contribution >= 0.6 is 11.6 Å². The molecule has 0 radical (unpaired) electrons. The maximum atomic E-state index is 6.36. The van der Waals surface area contributed by atoms with Gasteiger partial charge in [0.05, 0.1) is 6.61 Å². The molecule has 4 heteroatoms. The second-order valence-corrected chi connectivity index (χ2v) is 5.93. The first-order chi connectivity index (χ1) is 9.70. The molecular formula is C16H25ClN2O. The molecule has 0 spiro atoms. The minimum atomic E-state index is 0.633. The van der Waals surface area contributed by atoms with E-state index in [4.69, 9.17) is 16.3 Å². The van der Waals surface area contributed by atoms with Crippen molar-refractivity contribution in [3.63, 3.8) is 0 Å². The first kappa shape index (κ1) is 15.6. The molecule has 1 saturated heterocycles. The van der Waals surface area contributed by atoms with E-state index in [0.717, 1.165) is 43.4 Å². The number of halogens is 1. The number of nitrogens with zero attached hydrogens (tertiary/aromatic N) is 1. The maximum absolute atomic E-state index is 6.36. The normalized spacial score (nSPS) is 19.1. The Bertz CT molecular complexity index is 419.